The van der Waals surface area contributed by atoms with E-state index in [1.807, 2.05) is 0 Å². The molecule has 5 nitrogen and oxygen atoms in total. The summed E-state index contributed by atoms with van der Waals surface area (Å²) >= 11 is 0. The maximum absolute atomic E-state index is 11.0. The van der Waals surface area contributed by atoms with Crippen LogP contribution in [-0.2, 0) is 16.0 Å². The van der Waals surface area contributed by atoms with Crippen LogP contribution in [-0.4, -0.2) is 35.6 Å². The van der Waals surface area contributed by atoms with Crippen LogP contribution in [0.15, 0.2) is 12.4 Å². The normalized spacial score (nSPS) is 12.4. The molecule has 1 rings (SSSR count). The maximum Gasteiger partial charge on any atom is 0.322 e. The summed E-state index contributed by atoms with van der Waals surface area (Å²) in [4.78, 5) is 18.2. The number of imidazole rings is 1. The minimum absolute atomic E-state index is 0.229. The van der Waals surface area contributed by atoms with E-state index in [0.29, 0.717) is 0 Å². The van der Waals surface area contributed by atoms with Crippen molar-refractivity contribution < 1.29 is 9.53 Å². The van der Waals surface area contributed by atoms with Crippen molar-refractivity contribution in [3.8, 4) is 0 Å². The Kier molecular flexibility index (Phi) is 4.83. The molecule has 1 unspecified atom stereocenters. The molecule has 15 heavy (non-hydrogen) atoms. The summed E-state index contributed by atoms with van der Waals surface area (Å²) in [7, 11) is 1.39. The number of aromatic amines is 1. The molecular formula is C10H17N3O2. The third kappa shape index (κ3) is 4.12. The Balaban J connectivity index is 2.09. The Morgan fingerprint density at radius 3 is 3.13 bits per heavy atom. The van der Waals surface area contributed by atoms with Crippen LogP contribution in [0.3, 0.4) is 0 Å². The first kappa shape index (κ1) is 11.7. The Labute approximate surface area is 89.2 Å². The largest absolute Gasteiger partial charge is 0.468 e. The van der Waals surface area contributed by atoms with E-state index >= 15 is 0 Å². The number of ether oxygens (including phenoxy) is 1. The fraction of sp³-hybridized carbons (Fsp3) is 0.600. The Morgan fingerprint density at radius 2 is 2.53 bits per heavy atom. The van der Waals surface area contributed by atoms with E-state index in [1.165, 1.54) is 7.11 Å². The molecular weight excluding hydrogens is 194 g/mol. The number of H-pyrrole nitrogens is 1. The molecule has 0 aliphatic rings. The van der Waals surface area contributed by atoms with Gasteiger partial charge in [0.25, 0.3) is 0 Å². The lowest BCUT2D eigenvalue weighted by molar-refractivity contribution is -0.142. The number of aromatic nitrogens is 2. The van der Waals surface area contributed by atoms with E-state index in [4.69, 9.17) is 0 Å². The Bertz CT molecular complexity index is 285. The molecule has 1 heterocycles. The number of hydrogen-bond donors (Lipinski definition) is 2. The quantitative estimate of drug-likeness (QED) is 0.531. The van der Waals surface area contributed by atoms with E-state index in [0.717, 1.165) is 25.2 Å². The average Bonchev–Trinajstić information content (AvgIpc) is 2.75. The Morgan fingerprint density at radius 1 is 1.73 bits per heavy atom. The summed E-state index contributed by atoms with van der Waals surface area (Å²) in [5, 5.41) is 3.08. The van der Waals surface area contributed by atoms with E-state index in [-0.39, 0.29) is 12.0 Å². The van der Waals surface area contributed by atoms with Crippen molar-refractivity contribution in [3.63, 3.8) is 0 Å². The molecule has 0 saturated heterocycles. The summed E-state index contributed by atoms with van der Waals surface area (Å²) < 4.78 is 4.59. The van der Waals surface area contributed by atoms with Gasteiger partial charge in [-0.05, 0) is 19.9 Å². The lowest BCUT2D eigenvalue weighted by Crippen LogP contribution is -2.35. The van der Waals surface area contributed by atoms with Gasteiger partial charge in [-0.15, -0.1) is 0 Å². The highest BCUT2D eigenvalue weighted by Gasteiger charge is 2.10. The fourth-order valence-electron chi connectivity index (χ4n) is 1.27. The second-order valence-corrected chi connectivity index (χ2v) is 3.34. The molecule has 0 aliphatic carbocycles. The molecule has 1 aromatic heterocycles. The maximum atomic E-state index is 11.0. The van der Waals surface area contributed by atoms with Gasteiger partial charge in [0.15, 0.2) is 0 Å². The van der Waals surface area contributed by atoms with Crippen LogP contribution in [0.25, 0.3) is 0 Å². The van der Waals surface area contributed by atoms with Gasteiger partial charge in [-0.25, -0.2) is 4.98 Å². The zero-order valence-electron chi connectivity index (χ0n) is 9.12. The molecule has 0 amide bonds. The summed E-state index contributed by atoms with van der Waals surface area (Å²) in [6, 6.07) is -0.244. The molecule has 0 spiro atoms. The van der Waals surface area contributed by atoms with Crippen LogP contribution in [0.4, 0.5) is 0 Å². The van der Waals surface area contributed by atoms with Crippen molar-refractivity contribution in [2.75, 3.05) is 13.7 Å². The highest BCUT2D eigenvalue weighted by atomic mass is 16.5. The third-order valence-corrected chi connectivity index (χ3v) is 2.15. The number of nitrogens with one attached hydrogen (secondary N) is 2. The van der Waals surface area contributed by atoms with Crippen LogP contribution in [0.2, 0.25) is 0 Å². The molecule has 5 heteroatoms. The SMILES string of the molecule is COC(=O)C(C)NCCCc1ncc[nH]1. The van der Waals surface area contributed by atoms with Gasteiger partial charge in [0.1, 0.15) is 11.9 Å². The molecule has 0 bridgehead atoms. The highest BCUT2D eigenvalue weighted by molar-refractivity contribution is 5.74. The predicted octanol–water partition coefficient (Wildman–Crippen LogP) is 0.493. The van der Waals surface area contributed by atoms with E-state index < -0.39 is 0 Å². The number of hydrogen-bond acceptors (Lipinski definition) is 4. The molecule has 1 aromatic rings. The van der Waals surface area contributed by atoms with Crippen molar-refractivity contribution >= 4 is 5.97 Å². The lowest BCUT2D eigenvalue weighted by Gasteiger charge is -2.10. The van der Waals surface area contributed by atoms with E-state index in [2.05, 4.69) is 20.0 Å². The van der Waals surface area contributed by atoms with Crippen LogP contribution in [0.5, 0.6) is 0 Å². The molecule has 84 valence electrons. The van der Waals surface area contributed by atoms with Crippen molar-refractivity contribution in [2.45, 2.75) is 25.8 Å². The Hall–Kier alpha value is -1.36. The standard InChI is InChI=1S/C10H17N3O2/c1-8(10(14)15-2)11-5-3-4-9-12-6-7-13-9/h6-8,11H,3-5H2,1-2H3,(H,12,13). The smallest absolute Gasteiger partial charge is 0.322 e. The molecule has 0 radical (unpaired) electrons. The van der Waals surface area contributed by atoms with Crippen LogP contribution in [0, 0.1) is 0 Å². The van der Waals surface area contributed by atoms with Crippen LogP contribution < -0.4 is 5.32 Å². The summed E-state index contributed by atoms with van der Waals surface area (Å²) in [6.45, 7) is 2.57. The van der Waals surface area contributed by atoms with Crippen LogP contribution in [0.1, 0.15) is 19.2 Å². The number of esters is 1. The minimum atomic E-state index is -0.244. The zero-order chi connectivity index (χ0) is 11.1. The van der Waals surface area contributed by atoms with Gasteiger partial charge < -0.3 is 15.0 Å². The average molecular weight is 211 g/mol. The molecule has 2 N–H and O–H groups in total. The van der Waals surface area contributed by atoms with E-state index in [1.54, 1.807) is 19.3 Å². The number of carbonyl (C=O) groups excluding carboxylic acids is 1. The number of aryl methyl sites for hydroxylation is 1. The monoisotopic (exact) mass is 211 g/mol. The summed E-state index contributed by atoms with van der Waals surface area (Å²) in [5.74, 6) is 0.746. The van der Waals surface area contributed by atoms with Gasteiger partial charge in [-0.1, -0.05) is 0 Å². The fourth-order valence-corrected chi connectivity index (χ4v) is 1.27. The second kappa shape index (κ2) is 6.19. The first-order valence-corrected chi connectivity index (χ1v) is 5.03. The molecule has 1 atom stereocenters. The van der Waals surface area contributed by atoms with Crippen molar-refractivity contribution in [1.82, 2.24) is 15.3 Å². The lowest BCUT2D eigenvalue weighted by atomic mass is 10.2. The highest BCUT2D eigenvalue weighted by Crippen LogP contribution is 1.94. The molecule has 0 aliphatic heterocycles. The van der Waals surface area contributed by atoms with Crippen molar-refractivity contribution in [3.05, 3.63) is 18.2 Å². The summed E-state index contributed by atoms with van der Waals surface area (Å²) in [6.07, 6.45) is 5.36. The zero-order valence-corrected chi connectivity index (χ0v) is 9.12. The topological polar surface area (TPSA) is 67.0 Å². The van der Waals surface area contributed by atoms with Gasteiger partial charge in [0, 0.05) is 18.8 Å². The van der Waals surface area contributed by atoms with Crippen LogP contribution >= 0.6 is 0 Å². The van der Waals surface area contributed by atoms with Gasteiger partial charge in [-0.3, -0.25) is 4.79 Å². The first-order valence-electron chi connectivity index (χ1n) is 5.03. The van der Waals surface area contributed by atoms with Gasteiger partial charge >= 0.3 is 5.97 Å². The number of methoxy groups -OCH3 is 1. The second-order valence-electron chi connectivity index (χ2n) is 3.34. The van der Waals surface area contributed by atoms with Crippen molar-refractivity contribution in [2.24, 2.45) is 0 Å². The molecule has 0 saturated carbocycles. The number of carbonyl (C=O) groups is 1. The van der Waals surface area contributed by atoms with E-state index in [9.17, 15) is 4.79 Å². The van der Waals surface area contributed by atoms with Crippen molar-refractivity contribution in [1.29, 1.82) is 0 Å². The first-order chi connectivity index (χ1) is 7.24. The van der Waals surface area contributed by atoms with Gasteiger partial charge in [0.2, 0.25) is 0 Å². The minimum Gasteiger partial charge on any atom is -0.468 e. The predicted molar refractivity (Wildman–Crippen MR) is 56.4 cm³/mol. The molecule has 0 fully saturated rings. The number of nitrogens with zero attached hydrogens (tertiary/aromatic N) is 1. The molecule has 0 aromatic carbocycles. The van der Waals surface area contributed by atoms with Gasteiger partial charge in [0.05, 0.1) is 7.11 Å². The number of rotatable bonds is 6. The summed E-state index contributed by atoms with van der Waals surface area (Å²) in [5.41, 5.74) is 0. The third-order valence-electron chi connectivity index (χ3n) is 2.15. The van der Waals surface area contributed by atoms with Gasteiger partial charge in [-0.2, -0.15) is 0 Å².